The fraction of sp³-hybridized carbons (Fsp3) is 0.167. The van der Waals surface area contributed by atoms with Crippen molar-refractivity contribution in [3.8, 4) is 0 Å². The smallest absolute Gasteiger partial charge is 0.0582 e. The van der Waals surface area contributed by atoms with Crippen molar-refractivity contribution < 1.29 is 0 Å². The number of rotatable bonds is 1. The van der Waals surface area contributed by atoms with E-state index >= 15 is 0 Å². The van der Waals surface area contributed by atoms with E-state index in [-0.39, 0.29) is 0 Å². The fourth-order valence-corrected chi connectivity index (χ4v) is 0.624. The summed E-state index contributed by atoms with van der Waals surface area (Å²) in [6.45, 7) is 0. The highest BCUT2D eigenvalue weighted by molar-refractivity contribution is 5.74. The third-order valence-electron chi connectivity index (χ3n) is 1.13. The van der Waals surface area contributed by atoms with Crippen LogP contribution in [0.2, 0.25) is 0 Å². The standard InChI is InChI=1S/C6H8N2/c1-8-4-2-3-6(8)5-7/h2-5,7H,1H3. The number of hydrogen-bond donors (Lipinski definition) is 1. The van der Waals surface area contributed by atoms with Gasteiger partial charge in [-0.05, 0) is 12.1 Å². The van der Waals surface area contributed by atoms with Crippen molar-refractivity contribution in [2.75, 3.05) is 0 Å². The minimum Gasteiger partial charge on any atom is -0.350 e. The molecule has 0 aliphatic carbocycles. The van der Waals surface area contributed by atoms with E-state index in [1.54, 1.807) is 0 Å². The van der Waals surface area contributed by atoms with Crippen LogP contribution in [-0.4, -0.2) is 10.8 Å². The number of aromatic nitrogens is 1. The van der Waals surface area contributed by atoms with Gasteiger partial charge in [-0.25, -0.2) is 0 Å². The first kappa shape index (κ1) is 5.09. The molecule has 2 nitrogen and oxygen atoms in total. The van der Waals surface area contributed by atoms with Crippen LogP contribution in [0.5, 0.6) is 0 Å². The van der Waals surface area contributed by atoms with Crippen LogP contribution in [-0.2, 0) is 7.05 Å². The van der Waals surface area contributed by atoms with E-state index < -0.39 is 0 Å². The largest absolute Gasteiger partial charge is 0.350 e. The van der Waals surface area contributed by atoms with Gasteiger partial charge in [0.25, 0.3) is 0 Å². The first-order valence-electron chi connectivity index (χ1n) is 2.46. The van der Waals surface area contributed by atoms with Crippen molar-refractivity contribution in [3.63, 3.8) is 0 Å². The number of aryl methyl sites for hydroxylation is 1. The quantitative estimate of drug-likeness (QED) is 0.520. The second-order valence-electron chi connectivity index (χ2n) is 1.69. The van der Waals surface area contributed by atoms with Gasteiger partial charge in [-0.1, -0.05) is 0 Å². The first-order chi connectivity index (χ1) is 3.84. The number of hydrogen-bond acceptors (Lipinski definition) is 1. The van der Waals surface area contributed by atoms with Crippen LogP contribution in [0, 0.1) is 5.41 Å². The van der Waals surface area contributed by atoms with Crippen LogP contribution < -0.4 is 0 Å². The third-order valence-corrected chi connectivity index (χ3v) is 1.13. The Balaban J connectivity index is 3.09. The van der Waals surface area contributed by atoms with Crippen LogP contribution in [0.15, 0.2) is 18.3 Å². The maximum atomic E-state index is 6.86. The van der Waals surface area contributed by atoms with Gasteiger partial charge in [0.05, 0.1) is 5.69 Å². The molecule has 1 aromatic heterocycles. The summed E-state index contributed by atoms with van der Waals surface area (Å²) >= 11 is 0. The normalized spacial score (nSPS) is 9.12. The summed E-state index contributed by atoms with van der Waals surface area (Å²) in [7, 11) is 1.92. The van der Waals surface area contributed by atoms with Gasteiger partial charge in [0.2, 0.25) is 0 Å². The topological polar surface area (TPSA) is 28.8 Å². The lowest BCUT2D eigenvalue weighted by Crippen LogP contribution is -1.90. The molecule has 0 radical (unpaired) electrons. The Hall–Kier alpha value is -1.05. The second kappa shape index (κ2) is 1.82. The Morgan fingerprint density at radius 3 is 2.75 bits per heavy atom. The Kier molecular flexibility index (Phi) is 1.16. The molecule has 8 heavy (non-hydrogen) atoms. The molecule has 0 aromatic carbocycles. The monoisotopic (exact) mass is 108 g/mol. The molecular weight excluding hydrogens is 100 g/mol. The molecule has 0 saturated carbocycles. The molecule has 0 aliphatic rings. The summed E-state index contributed by atoms with van der Waals surface area (Å²) in [5.74, 6) is 0. The minimum atomic E-state index is 0.935. The molecule has 0 aliphatic heterocycles. The van der Waals surface area contributed by atoms with Crippen LogP contribution in [0.4, 0.5) is 0 Å². The molecule has 0 atom stereocenters. The molecule has 2 heteroatoms. The molecule has 0 unspecified atom stereocenters. The van der Waals surface area contributed by atoms with E-state index in [0.29, 0.717) is 0 Å². The Bertz CT molecular complexity index is 188. The minimum absolute atomic E-state index is 0.935. The molecule has 0 amide bonds. The van der Waals surface area contributed by atoms with Crippen molar-refractivity contribution >= 4 is 6.21 Å². The van der Waals surface area contributed by atoms with Crippen LogP contribution in [0.1, 0.15) is 5.69 Å². The number of nitrogens with one attached hydrogen (secondary N) is 1. The summed E-state index contributed by atoms with van der Waals surface area (Å²) in [4.78, 5) is 0. The lowest BCUT2D eigenvalue weighted by Gasteiger charge is -1.90. The Morgan fingerprint density at radius 1 is 1.75 bits per heavy atom. The second-order valence-corrected chi connectivity index (χ2v) is 1.69. The molecule has 1 aromatic rings. The Morgan fingerprint density at radius 2 is 2.50 bits per heavy atom. The average Bonchev–Trinajstić information content (AvgIpc) is 2.14. The van der Waals surface area contributed by atoms with Crippen LogP contribution in [0.3, 0.4) is 0 Å². The van der Waals surface area contributed by atoms with Gasteiger partial charge in [0.15, 0.2) is 0 Å². The van der Waals surface area contributed by atoms with Gasteiger partial charge >= 0.3 is 0 Å². The van der Waals surface area contributed by atoms with E-state index in [1.165, 1.54) is 6.21 Å². The van der Waals surface area contributed by atoms with Gasteiger partial charge in [-0.3, -0.25) is 0 Å². The third kappa shape index (κ3) is 0.644. The molecule has 0 saturated heterocycles. The molecular formula is C6H8N2. The van der Waals surface area contributed by atoms with E-state index in [2.05, 4.69) is 0 Å². The van der Waals surface area contributed by atoms with Crippen molar-refractivity contribution in [1.82, 2.24) is 4.57 Å². The van der Waals surface area contributed by atoms with Crippen molar-refractivity contribution in [2.45, 2.75) is 0 Å². The van der Waals surface area contributed by atoms with Crippen molar-refractivity contribution in [1.29, 1.82) is 5.41 Å². The van der Waals surface area contributed by atoms with Crippen molar-refractivity contribution in [3.05, 3.63) is 24.0 Å². The summed E-state index contributed by atoms with van der Waals surface area (Å²) in [6.07, 6.45) is 3.25. The lowest BCUT2D eigenvalue weighted by molar-refractivity contribution is 0.917. The first-order valence-corrected chi connectivity index (χ1v) is 2.46. The van der Waals surface area contributed by atoms with E-state index in [9.17, 15) is 0 Å². The van der Waals surface area contributed by atoms with Crippen LogP contribution in [0.25, 0.3) is 0 Å². The summed E-state index contributed by atoms with van der Waals surface area (Å²) in [5, 5.41) is 6.86. The summed E-state index contributed by atoms with van der Waals surface area (Å²) in [5.41, 5.74) is 0.935. The number of nitrogens with zero attached hydrogens (tertiary/aromatic N) is 1. The van der Waals surface area contributed by atoms with E-state index in [1.807, 2.05) is 29.9 Å². The SMILES string of the molecule is Cn1cccc1C=N. The predicted molar refractivity (Wildman–Crippen MR) is 33.3 cm³/mol. The highest BCUT2D eigenvalue weighted by atomic mass is 14.9. The van der Waals surface area contributed by atoms with Gasteiger partial charge in [0, 0.05) is 19.5 Å². The molecule has 1 heterocycles. The molecule has 42 valence electrons. The maximum absolute atomic E-state index is 6.86. The maximum Gasteiger partial charge on any atom is 0.0582 e. The average molecular weight is 108 g/mol. The molecule has 0 spiro atoms. The van der Waals surface area contributed by atoms with E-state index in [0.717, 1.165) is 5.69 Å². The van der Waals surface area contributed by atoms with Crippen LogP contribution >= 0.6 is 0 Å². The van der Waals surface area contributed by atoms with Gasteiger partial charge in [-0.15, -0.1) is 0 Å². The molecule has 1 rings (SSSR count). The zero-order valence-electron chi connectivity index (χ0n) is 4.76. The highest BCUT2D eigenvalue weighted by Gasteiger charge is 1.86. The van der Waals surface area contributed by atoms with Crippen molar-refractivity contribution in [2.24, 2.45) is 7.05 Å². The zero-order valence-corrected chi connectivity index (χ0v) is 4.76. The predicted octanol–water partition coefficient (Wildman–Crippen LogP) is 1.02. The molecule has 0 bridgehead atoms. The highest BCUT2D eigenvalue weighted by Crippen LogP contribution is 1.92. The van der Waals surface area contributed by atoms with Gasteiger partial charge in [0.1, 0.15) is 0 Å². The van der Waals surface area contributed by atoms with Gasteiger partial charge in [-0.2, -0.15) is 0 Å². The van der Waals surface area contributed by atoms with Gasteiger partial charge < -0.3 is 9.98 Å². The molecule has 0 fully saturated rings. The summed E-state index contributed by atoms with van der Waals surface area (Å²) < 4.78 is 1.90. The van der Waals surface area contributed by atoms with E-state index in [4.69, 9.17) is 5.41 Å². The lowest BCUT2D eigenvalue weighted by atomic mass is 10.5. The molecule has 1 N–H and O–H groups in total. The Labute approximate surface area is 48.3 Å². The zero-order chi connectivity index (χ0) is 5.98. The summed E-state index contributed by atoms with van der Waals surface area (Å²) in [6, 6.07) is 3.81. The fourth-order valence-electron chi connectivity index (χ4n) is 0.624.